The van der Waals surface area contributed by atoms with Gasteiger partial charge in [-0.1, -0.05) is 0 Å². The van der Waals surface area contributed by atoms with Crippen LogP contribution in [0.3, 0.4) is 0 Å². The monoisotopic (exact) mass is 288 g/mol. The smallest absolute Gasteiger partial charge is 0.244 e. The van der Waals surface area contributed by atoms with E-state index in [0.717, 1.165) is 17.7 Å². The fraction of sp³-hybridized carbons (Fsp3) is 0.636. The van der Waals surface area contributed by atoms with Gasteiger partial charge < -0.3 is 10.5 Å². The number of thiophene rings is 1. The Morgan fingerprint density at radius 2 is 2.06 bits per heavy atom. The molecule has 0 saturated carbocycles. The minimum atomic E-state index is -3.40. The molecule has 0 aromatic carbocycles. The van der Waals surface area contributed by atoms with Crippen molar-refractivity contribution in [1.29, 1.82) is 0 Å². The van der Waals surface area contributed by atoms with Gasteiger partial charge in [-0.25, -0.2) is 8.42 Å². The molecule has 1 aromatic rings. The second kappa shape index (κ2) is 4.57. The normalized spacial score (nSPS) is 28.7. The molecule has 2 atom stereocenters. The molecule has 3 heterocycles. The van der Waals surface area contributed by atoms with Gasteiger partial charge in [0.25, 0.3) is 0 Å². The van der Waals surface area contributed by atoms with E-state index in [2.05, 4.69) is 0 Å². The van der Waals surface area contributed by atoms with Crippen LogP contribution < -0.4 is 5.73 Å². The van der Waals surface area contributed by atoms with Gasteiger partial charge in [0, 0.05) is 24.5 Å². The Morgan fingerprint density at radius 1 is 1.39 bits per heavy atom. The van der Waals surface area contributed by atoms with E-state index in [-0.39, 0.29) is 18.8 Å². The summed E-state index contributed by atoms with van der Waals surface area (Å²) in [6.07, 6.45) is 2.06. The molecule has 0 radical (unpaired) electrons. The summed E-state index contributed by atoms with van der Waals surface area (Å²) in [5.74, 6) is 0. The van der Waals surface area contributed by atoms with Crippen molar-refractivity contribution in [2.45, 2.75) is 36.5 Å². The number of sulfonamides is 1. The van der Waals surface area contributed by atoms with Crippen LogP contribution in [-0.2, 0) is 21.3 Å². The van der Waals surface area contributed by atoms with Gasteiger partial charge in [-0.3, -0.25) is 0 Å². The van der Waals surface area contributed by atoms with Gasteiger partial charge in [0.1, 0.15) is 0 Å². The Kier molecular flexibility index (Phi) is 3.19. The molecular formula is C11H16N2O3S2. The van der Waals surface area contributed by atoms with E-state index in [9.17, 15) is 8.42 Å². The highest BCUT2D eigenvalue weighted by Gasteiger charge is 2.40. The lowest BCUT2D eigenvalue weighted by atomic mass is 10.2. The molecule has 0 spiro atoms. The number of rotatable bonds is 3. The number of hydrogen-bond donors (Lipinski definition) is 1. The average molecular weight is 288 g/mol. The quantitative estimate of drug-likeness (QED) is 0.891. The first-order valence-corrected chi connectivity index (χ1v) is 8.35. The summed E-state index contributed by atoms with van der Waals surface area (Å²) in [4.78, 5) is 1.10. The predicted octanol–water partition coefficient (Wildman–Crippen LogP) is 0.759. The fourth-order valence-electron chi connectivity index (χ4n) is 2.62. The van der Waals surface area contributed by atoms with Crippen molar-refractivity contribution in [3.05, 3.63) is 16.3 Å². The molecule has 1 aromatic heterocycles. The standard InChI is InChI=1S/C11H16N2O3S2/c12-5-10-11(3-4-17-10)18(14,15)13-6-8-1-2-9(7-13)16-8/h3-4,8-9H,1-2,5-7,12H2. The van der Waals surface area contributed by atoms with Gasteiger partial charge in [-0.2, -0.15) is 4.31 Å². The lowest BCUT2D eigenvalue weighted by Gasteiger charge is -2.31. The molecule has 7 heteroatoms. The van der Waals surface area contributed by atoms with Crippen LogP contribution in [-0.4, -0.2) is 38.0 Å². The van der Waals surface area contributed by atoms with Gasteiger partial charge in [-0.05, 0) is 24.3 Å². The van der Waals surface area contributed by atoms with Crippen LogP contribution in [0.15, 0.2) is 16.3 Å². The Bertz CT molecular complexity index is 528. The number of morpholine rings is 1. The fourth-order valence-corrected chi connectivity index (χ4v) is 5.43. The van der Waals surface area contributed by atoms with E-state index in [1.807, 2.05) is 0 Å². The van der Waals surface area contributed by atoms with Gasteiger partial charge in [0.2, 0.25) is 10.0 Å². The van der Waals surface area contributed by atoms with Gasteiger partial charge in [0.15, 0.2) is 0 Å². The maximum atomic E-state index is 12.6. The minimum absolute atomic E-state index is 0.0680. The number of nitrogens with zero attached hydrogens (tertiary/aromatic N) is 1. The zero-order valence-electron chi connectivity index (χ0n) is 9.91. The molecule has 2 aliphatic rings. The van der Waals surface area contributed by atoms with Crippen molar-refractivity contribution in [1.82, 2.24) is 4.31 Å². The van der Waals surface area contributed by atoms with Crippen LogP contribution in [0.2, 0.25) is 0 Å². The maximum Gasteiger partial charge on any atom is 0.244 e. The predicted molar refractivity (Wildman–Crippen MR) is 68.9 cm³/mol. The first kappa shape index (κ1) is 12.6. The van der Waals surface area contributed by atoms with Gasteiger partial charge in [-0.15, -0.1) is 11.3 Å². The zero-order valence-corrected chi connectivity index (χ0v) is 11.5. The SMILES string of the molecule is NCc1sccc1S(=O)(=O)N1CC2CCC(C1)O2. The molecule has 2 fully saturated rings. The largest absolute Gasteiger partial charge is 0.372 e. The van der Waals surface area contributed by atoms with Crippen LogP contribution in [0.1, 0.15) is 17.7 Å². The molecule has 2 aliphatic heterocycles. The maximum absolute atomic E-state index is 12.6. The van der Waals surface area contributed by atoms with Crippen LogP contribution in [0, 0.1) is 0 Å². The summed E-state index contributed by atoms with van der Waals surface area (Å²) in [6, 6.07) is 1.65. The van der Waals surface area contributed by atoms with E-state index >= 15 is 0 Å². The topological polar surface area (TPSA) is 72.6 Å². The Labute approximate surface area is 111 Å². The zero-order chi connectivity index (χ0) is 12.8. The molecule has 2 N–H and O–H groups in total. The summed E-state index contributed by atoms with van der Waals surface area (Å²) < 4.78 is 32.4. The molecule has 3 rings (SSSR count). The van der Waals surface area contributed by atoms with Crippen LogP contribution in [0.5, 0.6) is 0 Å². The number of nitrogens with two attached hydrogens (primary N) is 1. The van der Waals surface area contributed by atoms with Crippen LogP contribution in [0.4, 0.5) is 0 Å². The molecule has 18 heavy (non-hydrogen) atoms. The van der Waals surface area contributed by atoms with Crippen molar-refractivity contribution in [2.24, 2.45) is 5.73 Å². The Morgan fingerprint density at radius 3 is 2.67 bits per heavy atom. The molecule has 2 unspecified atom stereocenters. The molecule has 0 aliphatic carbocycles. The summed E-state index contributed by atoms with van der Waals surface area (Å²) >= 11 is 1.40. The highest BCUT2D eigenvalue weighted by Crippen LogP contribution is 2.32. The first-order valence-electron chi connectivity index (χ1n) is 6.03. The molecular weight excluding hydrogens is 272 g/mol. The summed E-state index contributed by atoms with van der Waals surface area (Å²) in [5.41, 5.74) is 5.59. The van der Waals surface area contributed by atoms with E-state index in [1.165, 1.54) is 11.3 Å². The van der Waals surface area contributed by atoms with Crippen molar-refractivity contribution >= 4 is 21.4 Å². The van der Waals surface area contributed by atoms with Crippen LogP contribution in [0.25, 0.3) is 0 Å². The minimum Gasteiger partial charge on any atom is -0.372 e. The number of hydrogen-bond acceptors (Lipinski definition) is 5. The summed E-state index contributed by atoms with van der Waals surface area (Å²) in [6.45, 7) is 1.21. The average Bonchev–Trinajstić information content (AvgIpc) is 2.96. The molecule has 2 bridgehead atoms. The molecule has 5 nitrogen and oxygen atoms in total. The van der Waals surface area contributed by atoms with E-state index in [4.69, 9.17) is 10.5 Å². The van der Waals surface area contributed by atoms with Crippen molar-refractivity contribution < 1.29 is 13.2 Å². The third-order valence-electron chi connectivity index (χ3n) is 3.52. The molecule has 0 amide bonds. The number of fused-ring (bicyclic) bond motifs is 2. The van der Waals surface area contributed by atoms with Crippen LogP contribution >= 0.6 is 11.3 Å². The van der Waals surface area contributed by atoms with Crippen molar-refractivity contribution in [3.63, 3.8) is 0 Å². The summed E-state index contributed by atoms with van der Waals surface area (Å²) in [5, 5.41) is 1.78. The van der Waals surface area contributed by atoms with E-state index in [1.54, 1.807) is 15.8 Å². The highest BCUT2D eigenvalue weighted by atomic mass is 32.2. The Hall–Kier alpha value is -0.470. The second-order valence-electron chi connectivity index (χ2n) is 4.69. The van der Waals surface area contributed by atoms with Gasteiger partial charge >= 0.3 is 0 Å². The summed E-state index contributed by atoms with van der Waals surface area (Å²) in [7, 11) is -3.40. The molecule has 100 valence electrons. The first-order chi connectivity index (χ1) is 8.61. The van der Waals surface area contributed by atoms with E-state index in [0.29, 0.717) is 18.0 Å². The Balaban J connectivity index is 1.91. The lowest BCUT2D eigenvalue weighted by molar-refractivity contribution is -0.0114. The lowest BCUT2D eigenvalue weighted by Crippen LogP contribution is -2.45. The van der Waals surface area contributed by atoms with Crippen molar-refractivity contribution in [3.8, 4) is 0 Å². The third kappa shape index (κ3) is 2.00. The van der Waals surface area contributed by atoms with Gasteiger partial charge in [0.05, 0.1) is 17.1 Å². The second-order valence-corrected chi connectivity index (χ2v) is 7.60. The third-order valence-corrected chi connectivity index (χ3v) is 6.51. The van der Waals surface area contributed by atoms with Crippen molar-refractivity contribution in [2.75, 3.05) is 13.1 Å². The molecule has 2 saturated heterocycles. The highest BCUT2D eigenvalue weighted by molar-refractivity contribution is 7.89. The van der Waals surface area contributed by atoms with E-state index < -0.39 is 10.0 Å². The number of ether oxygens (including phenoxy) is 1.